The number of hydrogen-bond acceptors (Lipinski definition) is 3. The SMILES string of the molecule is Cc1[c]cc(OS(C)(=O)=O)cc1. The molecule has 0 spiro atoms. The van der Waals surface area contributed by atoms with Crippen LogP contribution in [-0.2, 0) is 10.1 Å². The fraction of sp³-hybridized carbons (Fsp3) is 0.250. The van der Waals surface area contributed by atoms with E-state index in [0.29, 0.717) is 5.75 Å². The zero-order valence-corrected chi connectivity index (χ0v) is 7.68. The van der Waals surface area contributed by atoms with Crippen LogP contribution in [0, 0.1) is 13.0 Å². The molecule has 0 saturated carbocycles. The number of aryl methyl sites for hydroxylation is 1. The summed E-state index contributed by atoms with van der Waals surface area (Å²) in [6, 6.07) is 7.66. The van der Waals surface area contributed by atoms with Crippen LogP contribution < -0.4 is 4.18 Å². The van der Waals surface area contributed by atoms with Gasteiger partial charge in [-0.1, -0.05) is 6.07 Å². The Balaban J connectivity index is 2.85. The normalized spacial score (nSPS) is 11.2. The first kappa shape index (κ1) is 9.06. The molecule has 0 aliphatic carbocycles. The second-order valence-electron chi connectivity index (χ2n) is 2.49. The van der Waals surface area contributed by atoms with Crippen molar-refractivity contribution in [3.05, 3.63) is 29.8 Å². The molecule has 0 aliphatic heterocycles. The van der Waals surface area contributed by atoms with E-state index in [-0.39, 0.29) is 0 Å². The summed E-state index contributed by atoms with van der Waals surface area (Å²) in [6.07, 6.45) is 1.01. The molecule has 0 fully saturated rings. The maximum absolute atomic E-state index is 10.6. The molecular formula is C8H9O3S. The summed E-state index contributed by atoms with van der Waals surface area (Å²) >= 11 is 0. The molecule has 4 heteroatoms. The summed E-state index contributed by atoms with van der Waals surface area (Å²) in [4.78, 5) is 0. The van der Waals surface area contributed by atoms with E-state index in [1.165, 1.54) is 6.07 Å². The van der Waals surface area contributed by atoms with Crippen molar-refractivity contribution in [2.75, 3.05) is 6.26 Å². The largest absolute Gasteiger partial charge is 0.383 e. The highest BCUT2D eigenvalue weighted by Gasteiger charge is 2.02. The van der Waals surface area contributed by atoms with Gasteiger partial charge in [-0.2, -0.15) is 8.42 Å². The lowest BCUT2D eigenvalue weighted by molar-refractivity contribution is 0.493. The highest BCUT2D eigenvalue weighted by atomic mass is 32.2. The molecular weight excluding hydrogens is 176 g/mol. The average molecular weight is 185 g/mol. The van der Waals surface area contributed by atoms with Gasteiger partial charge >= 0.3 is 10.1 Å². The Bertz CT molecular complexity index is 350. The molecule has 1 rings (SSSR count). The van der Waals surface area contributed by atoms with Crippen LogP contribution in [0.5, 0.6) is 5.75 Å². The minimum atomic E-state index is -3.41. The first-order valence-corrected chi connectivity index (χ1v) is 5.17. The standard InChI is InChI=1S/C8H9O3S/c1-7-3-5-8(6-4-7)11-12(2,9)10/h3,5-6H,1-2H3. The van der Waals surface area contributed by atoms with Gasteiger partial charge in [0.25, 0.3) is 0 Å². The van der Waals surface area contributed by atoms with Crippen LogP contribution in [0.2, 0.25) is 0 Å². The van der Waals surface area contributed by atoms with Crippen molar-refractivity contribution in [3.63, 3.8) is 0 Å². The monoisotopic (exact) mass is 185 g/mol. The van der Waals surface area contributed by atoms with E-state index in [9.17, 15) is 8.42 Å². The summed E-state index contributed by atoms with van der Waals surface area (Å²) in [5, 5.41) is 0. The third-order valence-electron chi connectivity index (χ3n) is 1.19. The van der Waals surface area contributed by atoms with Gasteiger partial charge < -0.3 is 4.18 Å². The second-order valence-corrected chi connectivity index (χ2v) is 4.07. The maximum Gasteiger partial charge on any atom is 0.306 e. The highest BCUT2D eigenvalue weighted by molar-refractivity contribution is 7.86. The van der Waals surface area contributed by atoms with Gasteiger partial charge in [0, 0.05) is 0 Å². The highest BCUT2D eigenvalue weighted by Crippen LogP contribution is 2.12. The molecule has 12 heavy (non-hydrogen) atoms. The zero-order chi connectivity index (χ0) is 9.19. The summed E-state index contributed by atoms with van der Waals surface area (Å²) < 4.78 is 25.9. The predicted octanol–water partition coefficient (Wildman–Crippen LogP) is 1.13. The summed E-state index contributed by atoms with van der Waals surface area (Å²) in [7, 11) is -3.41. The minimum absolute atomic E-state index is 0.295. The van der Waals surface area contributed by atoms with Crippen molar-refractivity contribution in [3.8, 4) is 5.75 Å². The average Bonchev–Trinajstić information content (AvgIpc) is 1.91. The van der Waals surface area contributed by atoms with Crippen molar-refractivity contribution in [1.29, 1.82) is 0 Å². The molecule has 0 aromatic heterocycles. The first-order valence-electron chi connectivity index (χ1n) is 3.35. The molecule has 3 nitrogen and oxygen atoms in total. The molecule has 0 unspecified atom stereocenters. The molecule has 1 aromatic carbocycles. The third kappa shape index (κ3) is 2.92. The summed E-state index contributed by atoms with van der Waals surface area (Å²) in [6.45, 7) is 1.87. The van der Waals surface area contributed by atoms with Crippen molar-refractivity contribution >= 4 is 10.1 Å². The summed E-state index contributed by atoms with van der Waals surface area (Å²) in [5.41, 5.74) is 0.941. The molecule has 65 valence electrons. The quantitative estimate of drug-likeness (QED) is 0.649. The lowest BCUT2D eigenvalue weighted by atomic mass is 10.2. The van der Waals surface area contributed by atoms with Crippen LogP contribution in [-0.4, -0.2) is 14.7 Å². The topological polar surface area (TPSA) is 43.4 Å². The zero-order valence-electron chi connectivity index (χ0n) is 6.87. The van der Waals surface area contributed by atoms with Gasteiger partial charge in [-0.3, -0.25) is 0 Å². The molecule has 0 saturated heterocycles. The number of benzene rings is 1. The van der Waals surface area contributed by atoms with Gasteiger partial charge in [0.1, 0.15) is 5.75 Å². The van der Waals surface area contributed by atoms with Crippen LogP contribution >= 0.6 is 0 Å². The van der Waals surface area contributed by atoms with Crippen LogP contribution in [0.1, 0.15) is 5.56 Å². The van der Waals surface area contributed by atoms with E-state index in [2.05, 4.69) is 10.2 Å². The maximum atomic E-state index is 10.6. The first-order chi connectivity index (χ1) is 5.47. The van der Waals surface area contributed by atoms with Crippen molar-refractivity contribution < 1.29 is 12.6 Å². The van der Waals surface area contributed by atoms with Gasteiger partial charge in [0.15, 0.2) is 0 Å². The smallest absolute Gasteiger partial charge is 0.306 e. The predicted molar refractivity (Wildman–Crippen MR) is 45.5 cm³/mol. The van der Waals surface area contributed by atoms with Gasteiger partial charge in [0.05, 0.1) is 6.26 Å². The summed E-state index contributed by atoms with van der Waals surface area (Å²) in [5.74, 6) is 0.295. The van der Waals surface area contributed by atoms with E-state index in [1.807, 2.05) is 6.92 Å². The molecule has 0 amide bonds. The minimum Gasteiger partial charge on any atom is -0.383 e. The van der Waals surface area contributed by atoms with E-state index in [1.54, 1.807) is 12.1 Å². The van der Waals surface area contributed by atoms with E-state index in [4.69, 9.17) is 0 Å². The Morgan fingerprint density at radius 2 is 2.08 bits per heavy atom. The van der Waals surface area contributed by atoms with E-state index >= 15 is 0 Å². The fourth-order valence-corrected chi connectivity index (χ4v) is 1.17. The van der Waals surface area contributed by atoms with Crippen molar-refractivity contribution in [2.45, 2.75) is 6.92 Å². The molecule has 1 aromatic rings. The van der Waals surface area contributed by atoms with Crippen LogP contribution in [0.25, 0.3) is 0 Å². The molecule has 0 heterocycles. The van der Waals surface area contributed by atoms with Crippen LogP contribution in [0.3, 0.4) is 0 Å². The molecule has 0 N–H and O–H groups in total. The Morgan fingerprint density at radius 1 is 1.42 bits per heavy atom. The molecule has 0 bridgehead atoms. The van der Waals surface area contributed by atoms with Gasteiger partial charge in [-0.05, 0) is 30.7 Å². The van der Waals surface area contributed by atoms with Crippen LogP contribution in [0.4, 0.5) is 0 Å². The van der Waals surface area contributed by atoms with Crippen molar-refractivity contribution in [1.82, 2.24) is 0 Å². The molecule has 0 aliphatic rings. The van der Waals surface area contributed by atoms with Gasteiger partial charge in [-0.15, -0.1) is 0 Å². The Kier molecular flexibility index (Phi) is 2.38. The fourth-order valence-electron chi connectivity index (χ4n) is 0.715. The van der Waals surface area contributed by atoms with Crippen LogP contribution in [0.15, 0.2) is 18.2 Å². The lowest BCUT2D eigenvalue weighted by Crippen LogP contribution is -2.05. The second kappa shape index (κ2) is 3.15. The lowest BCUT2D eigenvalue weighted by Gasteiger charge is -2.01. The third-order valence-corrected chi connectivity index (χ3v) is 1.68. The molecule has 1 radical (unpaired) electrons. The van der Waals surface area contributed by atoms with Gasteiger partial charge in [0.2, 0.25) is 0 Å². The van der Waals surface area contributed by atoms with E-state index in [0.717, 1.165) is 11.8 Å². The number of hydrogen-bond donors (Lipinski definition) is 0. The number of rotatable bonds is 2. The Labute approximate surface area is 72.1 Å². The van der Waals surface area contributed by atoms with Gasteiger partial charge in [-0.25, -0.2) is 0 Å². The van der Waals surface area contributed by atoms with E-state index < -0.39 is 10.1 Å². The molecule has 0 atom stereocenters. The van der Waals surface area contributed by atoms with Crippen molar-refractivity contribution in [2.24, 2.45) is 0 Å². The Morgan fingerprint density at radius 3 is 2.50 bits per heavy atom. The Hall–Kier alpha value is -1.03.